The number of aromatic carboxylic acids is 2. The average Bonchev–Trinajstić information content (AvgIpc) is 3.18. The Morgan fingerprint density at radius 1 is 0.379 bits per heavy atom. The van der Waals surface area contributed by atoms with Crippen molar-refractivity contribution in [2.24, 2.45) is 0 Å². The number of hydrogen-bond donors (Lipinski definition) is 0. The molecule has 8 aromatic rings. The van der Waals surface area contributed by atoms with Gasteiger partial charge in [0.25, 0.3) is 0 Å². The summed E-state index contributed by atoms with van der Waals surface area (Å²) in [6.45, 7) is 0. The number of rotatable bonds is 6. The second kappa shape index (κ2) is 24.1. The van der Waals surface area contributed by atoms with E-state index in [0.717, 1.165) is 43.6 Å². The summed E-state index contributed by atoms with van der Waals surface area (Å²) in [5, 5.41) is 45.9. The van der Waals surface area contributed by atoms with Crippen molar-refractivity contribution < 1.29 is 83.5 Å². The minimum Gasteiger partial charge on any atom is -0.550 e. The van der Waals surface area contributed by atoms with Crippen LogP contribution in [0, 0.1) is 0 Å². The number of aromatic nitrogens is 4. The number of benzene rings is 4. The zero-order chi connectivity index (χ0) is 38.5. The second-order valence-electron chi connectivity index (χ2n) is 11.4. The number of aliphatic carboxylic acids is 2. The molecule has 0 aliphatic heterocycles. The van der Waals surface area contributed by atoms with Gasteiger partial charge in [-0.3, -0.25) is 19.9 Å². The Hall–Kier alpha value is -6.69. The van der Waals surface area contributed by atoms with Crippen molar-refractivity contribution in [2.75, 3.05) is 0 Å². The van der Waals surface area contributed by atoms with Crippen molar-refractivity contribution in [3.8, 4) is 0 Å². The van der Waals surface area contributed by atoms with Gasteiger partial charge in [-0.15, -0.1) is 0 Å². The molecular weight excluding hydrogens is 838 g/mol. The molecule has 0 saturated carbocycles. The fraction of sp³-hybridized carbons (Fsp3) is 0.0476. The van der Waals surface area contributed by atoms with Gasteiger partial charge in [-0.2, -0.15) is 0 Å². The molecule has 0 amide bonds. The minimum atomic E-state index is -1.38. The Labute approximate surface area is 350 Å². The molecule has 6 N–H and O–H groups in total. The molecular formula is C42H34N4Ni2O10+2. The van der Waals surface area contributed by atoms with Gasteiger partial charge in [-0.25, -0.2) is 0 Å². The van der Waals surface area contributed by atoms with Crippen LogP contribution in [0.4, 0.5) is 0 Å². The maximum Gasteiger partial charge on any atom is 2.00 e. The van der Waals surface area contributed by atoms with E-state index in [-0.39, 0.29) is 66.2 Å². The number of carboxylic acids is 4. The number of hydrogen-bond acceptors (Lipinski definition) is 12. The molecule has 0 aliphatic rings. The first-order valence-electron chi connectivity index (χ1n) is 16.3. The van der Waals surface area contributed by atoms with Crippen LogP contribution in [0.1, 0.15) is 31.8 Å². The fourth-order valence-corrected chi connectivity index (χ4v) is 5.42. The van der Waals surface area contributed by atoms with E-state index in [0.29, 0.717) is 0 Å². The molecule has 4 aromatic heterocycles. The molecule has 4 aromatic carbocycles. The quantitative estimate of drug-likeness (QED) is 0.125. The van der Waals surface area contributed by atoms with E-state index in [1.54, 1.807) is 36.9 Å². The number of carbonyl (C=O) groups excluding carboxylic acids is 4. The SMILES string of the molecule is O=C([O-])Cc1ccccc1C(=O)[O-].O=C([O-])Cc1ccccc1C(=O)[O-].[Ni+2].[Ni+2].[OH3+].[OH3+].c1cnc2c(c1)ccc1cccnc12.c1cnc2c(c1)ccc1cccnc12. The Morgan fingerprint density at radius 3 is 0.879 bits per heavy atom. The summed E-state index contributed by atoms with van der Waals surface area (Å²) in [4.78, 5) is 58.8. The van der Waals surface area contributed by atoms with E-state index in [4.69, 9.17) is 0 Å². The topological polar surface area (TPSA) is 278 Å². The smallest absolute Gasteiger partial charge is 0.550 e. The number of pyridine rings is 4. The first-order chi connectivity index (χ1) is 26.1. The van der Waals surface area contributed by atoms with Crippen LogP contribution in [0.15, 0.2) is 146 Å². The average molecular weight is 872 g/mol. The Bertz CT molecular complexity index is 2340. The normalized spacial score (nSPS) is 9.52. The van der Waals surface area contributed by atoms with E-state index in [1.807, 2.05) is 24.3 Å². The van der Waals surface area contributed by atoms with Crippen LogP contribution in [-0.2, 0) is 66.4 Å². The standard InChI is InChI=1S/2C12H8N2.2C9H8O4.2Ni.2H2O/c2*1-3-9-5-6-10-4-2-8-14-12(10)11(9)13-7-1;2*10-8(11)5-6-3-1-2-4-7(6)9(12)13;;;;/h2*1-8H;2*1-4H,5H2,(H,10,11)(H,12,13);;;2*1H2/q;;;;2*+2;;/p-2. The summed E-state index contributed by atoms with van der Waals surface area (Å²) >= 11 is 0. The van der Waals surface area contributed by atoms with Crippen molar-refractivity contribution in [1.82, 2.24) is 19.9 Å². The molecule has 0 radical (unpaired) electrons. The molecule has 0 spiro atoms. The van der Waals surface area contributed by atoms with Crippen molar-refractivity contribution in [2.45, 2.75) is 12.8 Å². The van der Waals surface area contributed by atoms with Crippen LogP contribution in [-0.4, -0.2) is 43.8 Å². The number of nitrogens with zero attached hydrogens (tertiary/aromatic N) is 4. The predicted molar refractivity (Wildman–Crippen MR) is 203 cm³/mol. The summed E-state index contributed by atoms with van der Waals surface area (Å²) in [7, 11) is 0. The Balaban J connectivity index is 0.000000378. The molecule has 0 fully saturated rings. The third-order valence-electron chi connectivity index (χ3n) is 7.83. The second-order valence-corrected chi connectivity index (χ2v) is 11.4. The van der Waals surface area contributed by atoms with Gasteiger partial charge < -0.3 is 50.6 Å². The zero-order valence-electron chi connectivity index (χ0n) is 30.1. The molecule has 0 saturated heterocycles. The summed E-state index contributed by atoms with van der Waals surface area (Å²) in [6, 6.07) is 35.8. The molecule has 0 atom stereocenters. The van der Waals surface area contributed by atoms with Crippen LogP contribution in [0.2, 0.25) is 0 Å². The molecule has 0 aliphatic carbocycles. The Morgan fingerprint density at radius 2 is 0.638 bits per heavy atom. The molecule has 14 nitrogen and oxygen atoms in total. The first-order valence-corrected chi connectivity index (χ1v) is 16.3. The van der Waals surface area contributed by atoms with Gasteiger partial charge in [-0.05, 0) is 35.4 Å². The monoisotopic (exact) mass is 870 g/mol. The minimum absolute atomic E-state index is 0. The van der Waals surface area contributed by atoms with E-state index in [1.165, 1.54) is 36.4 Å². The van der Waals surface area contributed by atoms with Gasteiger partial charge >= 0.3 is 33.0 Å². The van der Waals surface area contributed by atoms with Crippen molar-refractivity contribution >= 4 is 67.5 Å². The number of carbonyl (C=O) groups is 4. The molecule has 4 heterocycles. The van der Waals surface area contributed by atoms with Gasteiger partial charge in [0.15, 0.2) is 0 Å². The van der Waals surface area contributed by atoms with Crippen molar-refractivity contribution in [3.05, 3.63) is 168 Å². The summed E-state index contributed by atoms with van der Waals surface area (Å²) in [5.41, 5.74) is 4.09. The van der Waals surface area contributed by atoms with E-state index < -0.39 is 36.7 Å². The summed E-state index contributed by atoms with van der Waals surface area (Å²) in [6.07, 6.45) is 6.38. The van der Waals surface area contributed by atoms with Gasteiger partial charge in [0, 0.05) is 82.2 Å². The maximum absolute atomic E-state index is 10.5. The van der Waals surface area contributed by atoms with Crippen LogP contribution in [0.5, 0.6) is 0 Å². The maximum atomic E-state index is 10.5. The van der Waals surface area contributed by atoms with Gasteiger partial charge in [0.1, 0.15) is 0 Å². The van der Waals surface area contributed by atoms with Crippen LogP contribution < -0.4 is 20.4 Å². The van der Waals surface area contributed by atoms with Gasteiger partial charge in [-0.1, -0.05) is 97.1 Å². The first kappa shape index (κ1) is 49.3. The number of fused-ring (bicyclic) bond motifs is 6. The van der Waals surface area contributed by atoms with E-state index >= 15 is 0 Å². The third kappa shape index (κ3) is 13.2. The molecule has 0 unspecified atom stereocenters. The molecule has 0 bridgehead atoms. The number of carboxylic acid groups (broad SMARTS) is 4. The summed E-state index contributed by atoms with van der Waals surface area (Å²) < 4.78 is 0. The van der Waals surface area contributed by atoms with Crippen LogP contribution in [0.3, 0.4) is 0 Å². The summed E-state index contributed by atoms with van der Waals surface area (Å²) in [5.74, 6) is -5.38. The van der Waals surface area contributed by atoms with Gasteiger partial charge in [0.05, 0.1) is 34.0 Å². The van der Waals surface area contributed by atoms with Crippen molar-refractivity contribution in [1.29, 1.82) is 0 Å². The molecule has 16 heteroatoms. The van der Waals surface area contributed by atoms with Crippen LogP contribution in [0.25, 0.3) is 43.6 Å². The largest absolute Gasteiger partial charge is 2.00 e. The molecule has 300 valence electrons. The van der Waals surface area contributed by atoms with E-state index in [9.17, 15) is 39.6 Å². The Kier molecular flexibility index (Phi) is 20.5. The predicted octanol–water partition coefficient (Wildman–Crippen LogP) is 0.402. The molecule has 8 rings (SSSR count). The van der Waals surface area contributed by atoms with Gasteiger partial charge in [0.2, 0.25) is 0 Å². The van der Waals surface area contributed by atoms with Crippen molar-refractivity contribution in [3.63, 3.8) is 0 Å². The zero-order valence-corrected chi connectivity index (χ0v) is 32.1. The molecule has 58 heavy (non-hydrogen) atoms. The third-order valence-corrected chi connectivity index (χ3v) is 7.83. The fourth-order valence-electron chi connectivity index (χ4n) is 5.42. The van der Waals surface area contributed by atoms with Crippen LogP contribution >= 0.6 is 0 Å². The van der Waals surface area contributed by atoms with E-state index in [2.05, 4.69) is 68.5 Å².